The Balaban J connectivity index is 1.89. The molecule has 118 valence electrons. The van der Waals surface area contributed by atoms with Gasteiger partial charge in [0.15, 0.2) is 5.78 Å². The van der Waals surface area contributed by atoms with Gasteiger partial charge in [0.2, 0.25) is 5.78 Å². The Labute approximate surface area is 145 Å². The molecule has 5 nitrogen and oxygen atoms in total. The quantitative estimate of drug-likeness (QED) is 0.583. The van der Waals surface area contributed by atoms with Crippen LogP contribution in [0.15, 0.2) is 46.6 Å². The van der Waals surface area contributed by atoms with E-state index in [1.165, 1.54) is 6.92 Å². The number of carbonyl (C=O) groups excluding carboxylic acids is 3. The smallest absolute Gasteiger partial charge is 0.258 e. The minimum atomic E-state index is -0.327. The number of rotatable bonds is 1. The van der Waals surface area contributed by atoms with E-state index in [2.05, 4.69) is 26.6 Å². The lowest BCUT2D eigenvalue weighted by Crippen LogP contribution is -2.11. The Hall–Kier alpha value is -2.73. The van der Waals surface area contributed by atoms with E-state index in [0.717, 1.165) is 4.47 Å². The number of fused-ring (bicyclic) bond motifs is 2. The summed E-state index contributed by atoms with van der Waals surface area (Å²) in [6.45, 7) is 1.47. The molecule has 2 aliphatic heterocycles. The number of benzene rings is 2. The zero-order valence-electron chi connectivity index (χ0n) is 12.6. The van der Waals surface area contributed by atoms with E-state index in [9.17, 15) is 14.4 Å². The fourth-order valence-corrected chi connectivity index (χ4v) is 3.44. The Morgan fingerprint density at radius 2 is 1.83 bits per heavy atom. The summed E-state index contributed by atoms with van der Waals surface area (Å²) >= 11 is 3.40. The average molecular weight is 383 g/mol. The van der Waals surface area contributed by atoms with Crippen LogP contribution in [0.2, 0.25) is 0 Å². The van der Waals surface area contributed by atoms with Crippen LogP contribution in [0.3, 0.4) is 0 Å². The van der Waals surface area contributed by atoms with Gasteiger partial charge in [-0.05, 0) is 41.1 Å². The molecular weight excluding hydrogens is 372 g/mol. The lowest BCUT2D eigenvalue weighted by Gasteiger charge is -2.04. The van der Waals surface area contributed by atoms with E-state index >= 15 is 0 Å². The summed E-state index contributed by atoms with van der Waals surface area (Å²) in [7, 11) is 0. The van der Waals surface area contributed by atoms with Gasteiger partial charge in [-0.25, -0.2) is 0 Å². The van der Waals surface area contributed by atoms with Crippen molar-refractivity contribution in [2.45, 2.75) is 6.92 Å². The van der Waals surface area contributed by atoms with Crippen molar-refractivity contribution in [1.29, 1.82) is 0 Å². The molecule has 2 aliphatic rings. The maximum atomic E-state index is 12.7. The van der Waals surface area contributed by atoms with Crippen LogP contribution in [0, 0.1) is 0 Å². The molecule has 6 heteroatoms. The summed E-state index contributed by atoms with van der Waals surface area (Å²) in [6.07, 6.45) is 0. The summed E-state index contributed by atoms with van der Waals surface area (Å²) in [5.74, 6) is -0.661. The van der Waals surface area contributed by atoms with Crippen molar-refractivity contribution >= 4 is 50.4 Å². The predicted octanol–water partition coefficient (Wildman–Crippen LogP) is 3.62. The standard InChI is InChI=1S/C18H11BrN2O3/c1-8(22)9-5-6-10-13(7-9)20-16(17(10)23)14-11-3-2-4-12(19)15(11)21-18(14)24/h2-7,20H,1H3,(H,21,24)/b16-14-. The molecule has 2 N–H and O–H groups in total. The molecule has 0 radical (unpaired) electrons. The molecule has 1 amide bonds. The summed E-state index contributed by atoms with van der Waals surface area (Å²) in [4.78, 5) is 36.6. The second kappa shape index (κ2) is 5.14. The number of para-hydroxylation sites is 1. The zero-order chi connectivity index (χ0) is 17.0. The highest BCUT2D eigenvalue weighted by Crippen LogP contribution is 2.41. The van der Waals surface area contributed by atoms with E-state index in [1.807, 2.05) is 12.1 Å². The Morgan fingerprint density at radius 1 is 1.04 bits per heavy atom. The number of hydrogen-bond donors (Lipinski definition) is 2. The molecule has 0 aliphatic carbocycles. The van der Waals surface area contributed by atoms with Crippen molar-refractivity contribution in [2.24, 2.45) is 0 Å². The maximum absolute atomic E-state index is 12.7. The molecule has 0 unspecified atom stereocenters. The topological polar surface area (TPSA) is 75.3 Å². The molecule has 24 heavy (non-hydrogen) atoms. The highest BCUT2D eigenvalue weighted by atomic mass is 79.9. The van der Waals surface area contributed by atoms with Crippen LogP contribution >= 0.6 is 15.9 Å². The second-order valence-electron chi connectivity index (χ2n) is 5.64. The van der Waals surface area contributed by atoms with E-state index in [1.54, 1.807) is 24.3 Å². The first-order valence-electron chi connectivity index (χ1n) is 7.28. The first kappa shape index (κ1) is 14.8. The molecule has 0 saturated carbocycles. The fraction of sp³-hybridized carbons (Fsp3) is 0.0556. The molecule has 2 heterocycles. The number of anilines is 2. The van der Waals surface area contributed by atoms with E-state index in [0.29, 0.717) is 33.6 Å². The average Bonchev–Trinajstić information content (AvgIpc) is 3.05. The first-order valence-corrected chi connectivity index (χ1v) is 8.08. The fourth-order valence-electron chi connectivity index (χ4n) is 2.97. The van der Waals surface area contributed by atoms with Crippen LogP contribution in [0.1, 0.15) is 33.2 Å². The van der Waals surface area contributed by atoms with Gasteiger partial charge in [-0.3, -0.25) is 14.4 Å². The maximum Gasteiger partial charge on any atom is 0.258 e. The summed E-state index contributed by atoms with van der Waals surface area (Å²) < 4.78 is 0.755. The second-order valence-corrected chi connectivity index (χ2v) is 6.49. The van der Waals surface area contributed by atoms with Gasteiger partial charge in [0.25, 0.3) is 5.91 Å². The van der Waals surface area contributed by atoms with Gasteiger partial charge in [0, 0.05) is 21.2 Å². The van der Waals surface area contributed by atoms with Crippen molar-refractivity contribution in [3.8, 4) is 0 Å². The van der Waals surface area contributed by atoms with Gasteiger partial charge < -0.3 is 10.6 Å². The van der Waals surface area contributed by atoms with E-state index in [4.69, 9.17) is 0 Å². The van der Waals surface area contributed by atoms with Crippen molar-refractivity contribution in [1.82, 2.24) is 0 Å². The van der Waals surface area contributed by atoms with Gasteiger partial charge in [-0.2, -0.15) is 0 Å². The SMILES string of the molecule is CC(=O)c1ccc2c(c1)N/C(=C1\C(=O)Nc3c(Br)cccc31)C2=O. The Morgan fingerprint density at radius 3 is 2.58 bits per heavy atom. The van der Waals surface area contributed by atoms with Crippen LogP contribution in [-0.4, -0.2) is 17.5 Å². The molecule has 0 spiro atoms. The predicted molar refractivity (Wildman–Crippen MR) is 94.1 cm³/mol. The Bertz CT molecular complexity index is 992. The monoisotopic (exact) mass is 382 g/mol. The van der Waals surface area contributed by atoms with Crippen molar-refractivity contribution < 1.29 is 14.4 Å². The molecule has 0 aromatic heterocycles. The molecule has 0 fully saturated rings. The number of allylic oxidation sites excluding steroid dienone is 1. The number of nitrogens with one attached hydrogen (secondary N) is 2. The van der Waals surface area contributed by atoms with Crippen LogP contribution < -0.4 is 10.6 Å². The molecule has 0 bridgehead atoms. The largest absolute Gasteiger partial charge is 0.351 e. The number of hydrogen-bond acceptors (Lipinski definition) is 4. The van der Waals surface area contributed by atoms with Crippen LogP contribution in [0.4, 0.5) is 11.4 Å². The van der Waals surface area contributed by atoms with Gasteiger partial charge in [-0.15, -0.1) is 0 Å². The number of Topliss-reactive ketones (excluding diaryl/α,β-unsaturated/α-hetero) is 2. The van der Waals surface area contributed by atoms with Crippen molar-refractivity contribution in [3.05, 3.63) is 63.3 Å². The first-order chi connectivity index (χ1) is 11.5. The summed E-state index contributed by atoms with van der Waals surface area (Å²) in [5.41, 5.74) is 3.39. The number of amides is 1. The summed E-state index contributed by atoms with van der Waals surface area (Å²) in [6, 6.07) is 10.3. The van der Waals surface area contributed by atoms with Crippen molar-refractivity contribution in [3.63, 3.8) is 0 Å². The van der Waals surface area contributed by atoms with Crippen LogP contribution in [0.25, 0.3) is 5.57 Å². The van der Waals surface area contributed by atoms with Crippen LogP contribution in [0.5, 0.6) is 0 Å². The normalized spacial score (nSPS) is 18.1. The zero-order valence-corrected chi connectivity index (χ0v) is 14.2. The van der Waals surface area contributed by atoms with E-state index < -0.39 is 0 Å². The molecular formula is C18H11BrN2O3. The molecule has 4 rings (SSSR count). The van der Waals surface area contributed by atoms with Gasteiger partial charge in [0.05, 0.1) is 16.9 Å². The molecule has 2 aromatic carbocycles. The van der Waals surface area contributed by atoms with Crippen molar-refractivity contribution in [2.75, 3.05) is 10.6 Å². The van der Waals surface area contributed by atoms with Gasteiger partial charge in [0.1, 0.15) is 5.70 Å². The van der Waals surface area contributed by atoms with Gasteiger partial charge in [-0.1, -0.05) is 18.2 Å². The highest BCUT2D eigenvalue weighted by Gasteiger charge is 2.35. The van der Waals surface area contributed by atoms with E-state index in [-0.39, 0.29) is 23.2 Å². The number of halogens is 1. The molecule has 0 saturated heterocycles. The van der Waals surface area contributed by atoms with Gasteiger partial charge >= 0.3 is 0 Å². The van der Waals surface area contributed by atoms with Crippen LogP contribution in [-0.2, 0) is 4.79 Å². The lowest BCUT2D eigenvalue weighted by atomic mass is 10.0. The Kier molecular flexibility index (Phi) is 3.18. The lowest BCUT2D eigenvalue weighted by molar-refractivity contribution is -0.110. The third kappa shape index (κ3) is 2.03. The molecule has 2 aromatic rings. The minimum Gasteiger partial charge on any atom is -0.351 e. The highest BCUT2D eigenvalue weighted by molar-refractivity contribution is 9.10. The minimum absolute atomic E-state index is 0.0824. The third-order valence-corrected chi connectivity index (χ3v) is 4.82. The third-order valence-electron chi connectivity index (χ3n) is 4.16. The number of carbonyl (C=O) groups is 3. The summed E-state index contributed by atoms with van der Waals surface area (Å²) in [5, 5.41) is 5.79. The molecule has 0 atom stereocenters. The number of ketones is 2.